The SMILES string of the molecule is COc1ccc(NCCN2CCOCC2)c([N+](=O)[O-])c1. The van der Waals surface area contributed by atoms with E-state index in [2.05, 4.69) is 10.2 Å². The van der Waals surface area contributed by atoms with Crippen LogP contribution < -0.4 is 10.1 Å². The van der Waals surface area contributed by atoms with E-state index in [1.54, 1.807) is 12.1 Å². The van der Waals surface area contributed by atoms with E-state index in [0.29, 0.717) is 18.0 Å². The van der Waals surface area contributed by atoms with Gasteiger partial charge in [0.2, 0.25) is 0 Å². The highest BCUT2D eigenvalue weighted by Crippen LogP contribution is 2.28. The Labute approximate surface area is 117 Å². The zero-order chi connectivity index (χ0) is 14.4. The highest BCUT2D eigenvalue weighted by Gasteiger charge is 2.15. The number of nitrogens with zero attached hydrogens (tertiary/aromatic N) is 2. The standard InChI is InChI=1S/C13H19N3O4/c1-19-11-2-3-12(13(10-11)16(17)18)14-4-5-15-6-8-20-9-7-15/h2-3,10,14H,4-9H2,1H3. The van der Waals surface area contributed by atoms with Crippen molar-refractivity contribution in [1.29, 1.82) is 0 Å². The predicted molar refractivity (Wildman–Crippen MR) is 75.4 cm³/mol. The number of ether oxygens (including phenoxy) is 2. The van der Waals surface area contributed by atoms with Crippen LogP contribution in [0.2, 0.25) is 0 Å². The van der Waals surface area contributed by atoms with Crippen LogP contribution in [0, 0.1) is 10.1 Å². The summed E-state index contributed by atoms with van der Waals surface area (Å²) in [6.07, 6.45) is 0. The molecule has 7 heteroatoms. The van der Waals surface area contributed by atoms with Gasteiger partial charge in [0, 0.05) is 26.2 Å². The van der Waals surface area contributed by atoms with Gasteiger partial charge < -0.3 is 14.8 Å². The first kappa shape index (κ1) is 14.5. The topological polar surface area (TPSA) is 76.9 Å². The van der Waals surface area contributed by atoms with Crippen molar-refractivity contribution in [1.82, 2.24) is 4.90 Å². The van der Waals surface area contributed by atoms with E-state index in [0.717, 1.165) is 32.8 Å². The molecular formula is C13H19N3O4. The highest BCUT2D eigenvalue weighted by molar-refractivity contribution is 5.63. The lowest BCUT2D eigenvalue weighted by Gasteiger charge is -2.26. The molecule has 0 radical (unpaired) electrons. The van der Waals surface area contributed by atoms with Gasteiger partial charge in [-0.1, -0.05) is 0 Å². The fourth-order valence-corrected chi connectivity index (χ4v) is 2.11. The van der Waals surface area contributed by atoms with Crippen LogP contribution in [0.4, 0.5) is 11.4 Å². The van der Waals surface area contributed by atoms with Gasteiger partial charge in [-0.05, 0) is 12.1 Å². The lowest BCUT2D eigenvalue weighted by atomic mass is 10.2. The van der Waals surface area contributed by atoms with Crippen LogP contribution in [0.3, 0.4) is 0 Å². The summed E-state index contributed by atoms with van der Waals surface area (Å²) in [7, 11) is 1.49. The molecule has 7 nitrogen and oxygen atoms in total. The summed E-state index contributed by atoms with van der Waals surface area (Å²) in [4.78, 5) is 12.9. The zero-order valence-electron chi connectivity index (χ0n) is 11.5. The second-order valence-corrected chi connectivity index (χ2v) is 4.52. The molecule has 20 heavy (non-hydrogen) atoms. The number of nitrogens with one attached hydrogen (secondary N) is 1. The van der Waals surface area contributed by atoms with Gasteiger partial charge in [-0.3, -0.25) is 15.0 Å². The van der Waals surface area contributed by atoms with Crippen LogP contribution in [0.15, 0.2) is 18.2 Å². The average molecular weight is 281 g/mol. The van der Waals surface area contributed by atoms with E-state index in [1.807, 2.05) is 0 Å². The molecule has 1 aromatic carbocycles. The molecule has 0 aromatic heterocycles. The minimum Gasteiger partial charge on any atom is -0.496 e. The van der Waals surface area contributed by atoms with E-state index in [4.69, 9.17) is 9.47 Å². The molecule has 0 spiro atoms. The first-order valence-corrected chi connectivity index (χ1v) is 6.57. The molecule has 1 aliphatic heterocycles. The van der Waals surface area contributed by atoms with Crippen molar-refractivity contribution in [2.45, 2.75) is 0 Å². The van der Waals surface area contributed by atoms with Gasteiger partial charge in [-0.2, -0.15) is 0 Å². The Kier molecular flexibility index (Phi) is 5.14. The van der Waals surface area contributed by atoms with Gasteiger partial charge in [0.25, 0.3) is 5.69 Å². The molecule has 0 amide bonds. The monoisotopic (exact) mass is 281 g/mol. The smallest absolute Gasteiger partial charge is 0.296 e. The molecule has 1 fully saturated rings. The van der Waals surface area contributed by atoms with Gasteiger partial charge in [0.1, 0.15) is 11.4 Å². The van der Waals surface area contributed by atoms with Gasteiger partial charge in [0.15, 0.2) is 0 Å². The van der Waals surface area contributed by atoms with Crippen molar-refractivity contribution in [3.05, 3.63) is 28.3 Å². The molecule has 1 aliphatic rings. The third kappa shape index (κ3) is 3.82. The van der Waals surface area contributed by atoms with Crippen LogP contribution in [-0.2, 0) is 4.74 Å². The van der Waals surface area contributed by atoms with E-state index >= 15 is 0 Å². The number of hydrogen-bond acceptors (Lipinski definition) is 6. The number of morpholine rings is 1. The molecule has 1 saturated heterocycles. The molecule has 0 atom stereocenters. The predicted octanol–water partition coefficient (Wildman–Crippen LogP) is 1.35. The van der Waals surface area contributed by atoms with Crippen molar-refractivity contribution in [3.8, 4) is 5.75 Å². The number of benzene rings is 1. The van der Waals surface area contributed by atoms with Crippen LogP contribution in [0.25, 0.3) is 0 Å². The fourth-order valence-electron chi connectivity index (χ4n) is 2.11. The summed E-state index contributed by atoms with van der Waals surface area (Å²) in [6.45, 7) is 4.82. The summed E-state index contributed by atoms with van der Waals surface area (Å²) in [5, 5.41) is 14.2. The number of nitro benzene ring substituents is 1. The summed E-state index contributed by atoms with van der Waals surface area (Å²) in [5.74, 6) is 0.482. The average Bonchev–Trinajstić information content (AvgIpc) is 2.48. The Morgan fingerprint density at radius 1 is 1.45 bits per heavy atom. The van der Waals surface area contributed by atoms with Crippen LogP contribution in [0.5, 0.6) is 5.75 Å². The second kappa shape index (κ2) is 7.06. The number of methoxy groups -OCH3 is 1. The maximum atomic E-state index is 11.0. The fraction of sp³-hybridized carbons (Fsp3) is 0.538. The van der Waals surface area contributed by atoms with E-state index < -0.39 is 4.92 Å². The minimum atomic E-state index is -0.403. The molecule has 1 aromatic rings. The summed E-state index contributed by atoms with van der Waals surface area (Å²) >= 11 is 0. The lowest BCUT2D eigenvalue weighted by molar-refractivity contribution is -0.384. The lowest BCUT2D eigenvalue weighted by Crippen LogP contribution is -2.39. The maximum Gasteiger partial charge on any atom is 0.296 e. The molecule has 0 bridgehead atoms. The minimum absolute atomic E-state index is 0.0336. The molecule has 0 aliphatic carbocycles. The van der Waals surface area contributed by atoms with Crippen molar-refractivity contribution >= 4 is 11.4 Å². The Hall–Kier alpha value is -1.86. The highest BCUT2D eigenvalue weighted by atomic mass is 16.6. The number of hydrogen-bond donors (Lipinski definition) is 1. The van der Waals surface area contributed by atoms with Crippen LogP contribution in [0.1, 0.15) is 0 Å². The van der Waals surface area contributed by atoms with E-state index in [-0.39, 0.29) is 5.69 Å². The molecule has 1 heterocycles. The Bertz CT molecular complexity index is 461. The quantitative estimate of drug-likeness (QED) is 0.626. The Morgan fingerprint density at radius 2 is 2.20 bits per heavy atom. The second-order valence-electron chi connectivity index (χ2n) is 4.52. The summed E-state index contributed by atoms with van der Waals surface area (Å²) in [5.41, 5.74) is 0.551. The third-order valence-electron chi connectivity index (χ3n) is 3.25. The summed E-state index contributed by atoms with van der Waals surface area (Å²) in [6, 6.07) is 4.82. The molecule has 0 saturated carbocycles. The van der Waals surface area contributed by atoms with Gasteiger partial charge in [-0.25, -0.2) is 0 Å². The largest absolute Gasteiger partial charge is 0.496 e. The molecular weight excluding hydrogens is 262 g/mol. The van der Waals surface area contributed by atoms with Crippen molar-refractivity contribution in [2.24, 2.45) is 0 Å². The molecule has 1 N–H and O–H groups in total. The van der Waals surface area contributed by atoms with E-state index in [1.165, 1.54) is 13.2 Å². The normalized spacial score (nSPS) is 15.8. The number of anilines is 1. The maximum absolute atomic E-state index is 11.0. The Morgan fingerprint density at radius 3 is 2.85 bits per heavy atom. The van der Waals surface area contributed by atoms with Gasteiger partial charge in [0.05, 0.1) is 31.3 Å². The first-order chi connectivity index (χ1) is 9.70. The Balaban J connectivity index is 1.92. The zero-order valence-corrected chi connectivity index (χ0v) is 11.5. The summed E-state index contributed by atoms with van der Waals surface area (Å²) < 4.78 is 10.3. The first-order valence-electron chi connectivity index (χ1n) is 6.57. The van der Waals surface area contributed by atoms with Crippen molar-refractivity contribution in [3.63, 3.8) is 0 Å². The van der Waals surface area contributed by atoms with Crippen LogP contribution >= 0.6 is 0 Å². The van der Waals surface area contributed by atoms with Crippen molar-refractivity contribution < 1.29 is 14.4 Å². The van der Waals surface area contributed by atoms with E-state index in [9.17, 15) is 10.1 Å². The van der Waals surface area contributed by atoms with Gasteiger partial charge >= 0.3 is 0 Å². The van der Waals surface area contributed by atoms with Gasteiger partial charge in [-0.15, -0.1) is 0 Å². The molecule has 0 unspecified atom stereocenters. The number of nitro groups is 1. The van der Waals surface area contributed by atoms with Crippen molar-refractivity contribution in [2.75, 3.05) is 51.8 Å². The van der Waals surface area contributed by atoms with Crippen LogP contribution in [-0.4, -0.2) is 56.3 Å². The molecule has 110 valence electrons. The number of rotatable bonds is 6. The molecule has 2 rings (SSSR count). The third-order valence-corrected chi connectivity index (χ3v) is 3.25.